The number of likely N-dealkylation sites (tertiary alicyclic amines) is 1. The average Bonchev–Trinajstić information content (AvgIpc) is 2.65. The van der Waals surface area contributed by atoms with E-state index in [0.29, 0.717) is 13.1 Å². The van der Waals surface area contributed by atoms with Crippen LogP contribution in [0.4, 0.5) is 4.39 Å². The number of amides is 1. The molecule has 1 saturated heterocycles. The van der Waals surface area contributed by atoms with Crippen LogP contribution in [0.3, 0.4) is 0 Å². The summed E-state index contributed by atoms with van der Waals surface area (Å²) in [7, 11) is 0. The third kappa shape index (κ3) is 1.97. The van der Waals surface area contributed by atoms with Crippen molar-refractivity contribution in [2.75, 3.05) is 13.1 Å². The fourth-order valence-electron chi connectivity index (χ4n) is 1.69. The highest BCUT2D eigenvalue weighted by atomic mass is 19.1. The van der Waals surface area contributed by atoms with Gasteiger partial charge in [0.1, 0.15) is 0 Å². The van der Waals surface area contributed by atoms with E-state index in [1.807, 2.05) is 0 Å². The third-order valence-corrected chi connectivity index (χ3v) is 2.51. The molecule has 1 amide bonds. The zero-order valence-electron chi connectivity index (χ0n) is 8.19. The Kier molecular flexibility index (Phi) is 2.64. The summed E-state index contributed by atoms with van der Waals surface area (Å²) in [4.78, 5) is 17.0. The molecule has 1 atom stereocenters. The molecule has 2 N–H and O–H groups in total. The maximum absolute atomic E-state index is 13.2. The molecule has 1 fully saturated rings. The Morgan fingerprint density at radius 2 is 2.47 bits per heavy atom. The minimum Gasteiger partial charge on any atom is -0.337 e. The Hall–Kier alpha value is -1.49. The molecule has 0 saturated carbocycles. The summed E-state index contributed by atoms with van der Waals surface area (Å²) < 4.78 is 13.2. The fourth-order valence-corrected chi connectivity index (χ4v) is 1.69. The van der Waals surface area contributed by atoms with E-state index in [4.69, 9.17) is 5.73 Å². The Labute approximate surface area is 86.9 Å². The van der Waals surface area contributed by atoms with E-state index in [0.717, 1.165) is 12.6 Å². The van der Waals surface area contributed by atoms with Gasteiger partial charge >= 0.3 is 0 Å². The molecule has 1 aromatic rings. The Morgan fingerprint density at radius 1 is 1.67 bits per heavy atom. The fraction of sp³-hybridized carbons (Fsp3) is 0.400. The van der Waals surface area contributed by atoms with Gasteiger partial charge in [-0.05, 0) is 12.5 Å². The van der Waals surface area contributed by atoms with Crippen LogP contribution in [-0.4, -0.2) is 34.9 Å². The minimum atomic E-state index is -0.581. The summed E-state index contributed by atoms with van der Waals surface area (Å²) in [5.41, 5.74) is 5.75. The molecule has 2 rings (SSSR count). The zero-order valence-corrected chi connectivity index (χ0v) is 8.19. The van der Waals surface area contributed by atoms with Crippen molar-refractivity contribution in [1.82, 2.24) is 9.88 Å². The number of pyridine rings is 1. The van der Waals surface area contributed by atoms with E-state index in [1.54, 1.807) is 4.90 Å². The third-order valence-electron chi connectivity index (χ3n) is 2.51. The smallest absolute Gasteiger partial charge is 0.256 e. The number of halogens is 1. The normalized spacial score (nSPS) is 20.7. The van der Waals surface area contributed by atoms with Crippen molar-refractivity contribution in [2.24, 2.45) is 5.73 Å². The minimum absolute atomic E-state index is 0.0128. The highest BCUT2D eigenvalue weighted by Gasteiger charge is 2.25. The van der Waals surface area contributed by atoms with Gasteiger partial charge in [-0.15, -0.1) is 0 Å². The van der Waals surface area contributed by atoms with E-state index >= 15 is 0 Å². The molecule has 15 heavy (non-hydrogen) atoms. The van der Waals surface area contributed by atoms with E-state index in [9.17, 15) is 9.18 Å². The van der Waals surface area contributed by atoms with E-state index in [-0.39, 0.29) is 17.5 Å². The second-order valence-electron chi connectivity index (χ2n) is 3.66. The van der Waals surface area contributed by atoms with Gasteiger partial charge in [-0.2, -0.15) is 0 Å². The maximum atomic E-state index is 13.2. The first-order valence-corrected chi connectivity index (χ1v) is 4.83. The van der Waals surface area contributed by atoms with Gasteiger partial charge in [0.2, 0.25) is 0 Å². The van der Waals surface area contributed by atoms with Crippen LogP contribution >= 0.6 is 0 Å². The molecule has 0 radical (unpaired) electrons. The molecule has 0 spiro atoms. The van der Waals surface area contributed by atoms with Crippen molar-refractivity contribution >= 4 is 5.91 Å². The van der Waals surface area contributed by atoms with Crippen molar-refractivity contribution in [2.45, 2.75) is 12.5 Å². The SMILES string of the molecule is N[C@H]1CCN(C(=O)c2ccncc2F)C1. The lowest BCUT2D eigenvalue weighted by molar-refractivity contribution is 0.0786. The number of aromatic nitrogens is 1. The number of carbonyl (C=O) groups is 1. The molecule has 0 aromatic carbocycles. The average molecular weight is 209 g/mol. The quantitative estimate of drug-likeness (QED) is 0.728. The summed E-state index contributed by atoms with van der Waals surface area (Å²) in [6.07, 6.45) is 3.23. The number of rotatable bonds is 1. The second-order valence-corrected chi connectivity index (χ2v) is 3.66. The summed E-state index contributed by atoms with van der Waals surface area (Å²) in [6, 6.07) is 1.40. The van der Waals surface area contributed by atoms with Crippen LogP contribution < -0.4 is 5.73 Å². The number of hydrogen-bond donors (Lipinski definition) is 1. The van der Waals surface area contributed by atoms with Gasteiger partial charge in [0, 0.05) is 25.3 Å². The molecule has 0 unspecified atom stereocenters. The van der Waals surface area contributed by atoms with Crippen LogP contribution in [-0.2, 0) is 0 Å². The van der Waals surface area contributed by atoms with Crippen molar-refractivity contribution in [3.8, 4) is 0 Å². The van der Waals surface area contributed by atoms with Crippen molar-refractivity contribution in [3.63, 3.8) is 0 Å². The number of nitrogens with two attached hydrogens (primary N) is 1. The molecule has 5 heteroatoms. The standard InChI is InChI=1S/C10H12FN3O/c11-9-5-13-3-1-8(9)10(15)14-4-2-7(12)6-14/h1,3,5,7H,2,4,6,12H2/t7-/m0/s1. The number of carbonyl (C=O) groups excluding carboxylic acids is 1. The summed E-state index contributed by atoms with van der Waals surface area (Å²) in [5.74, 6) is -0.883. The largest absolute Gasteiger partial charge is 0.337 e. The van der Waals surface area contributed by atoms with Crippen LogP contribution in [0.2, 0.25) is 0 Å². The number of nitrogens with zero attached hydrogens (tertiary/aromatic N) is 2. The van der Waals surface area contributed by atoms with Gasteiger partial charge in [-0.3, -0.25) is 9.78 Å². The molecule has 1 aromatic heterocycles. The summed E-state index contributed by atoms with van der Waals surface area (Å²) in [6.45, 7) is 1.10. The van der Waals surface area contributed by atoms with E-state index in [2.05, 4.69) is 4.98 Å². The molecule has 0 aliphatic carbocycles. The van der Waals surface area contributed by atoms with Crippen LogP contribution in [0.5, 0.6) is 0 Å². The van der Waals surface area contributed by atoms with E-state index < -0.39 is 5.82 Å². The topological polar surface area (TPSA) is 59.2 Å². The highest BCUT2D eigenvalue weighted by molar-refractivity contribution is 5.94. The second kappa shape index (κ2) is 3.94. The van der Waals surface area contributed by atoms with Gasteiger partial charge < -0.3 is 10.6 Å². The van der Waals surface area contributed by atoms with Crippen LogP contribution in [0.25, 0.3) is 0 Å². The monoisotopic (exact) mass is 209 g/mol. The Morgan fingerprint density at radius 3 is 3.07 bits per heavy atom. The molecule has 0 bridgehead atoms. The maximum Gasteiger partial charge on any atom is 0.256 e. The molecular formula is C10H12FN3O. The molecular weight excluding hydrogens is 197 g/mol. The van der Waals surface area contributed by atoms with Gasteiger partial charge in [-0.25, -0.2) is 4.39 Å². The van der Waals surface area contributed by atoms with Crippen molar-refractivity contribution in [3.05, 3.63) is 29.8 Å². The molecule has 80 valence electrons. The zero-order chi connectivity index (χ0) is 10.8. The first kappa shape index (κ1) is 10.0. The Bertz CT molecular complexity index is 383. The van der Waals surface area contributed by atoms with E-state index in [1.165, 1.54) is 12.3 Å². The van der Waals surface area contributed by atoms with Gasteiger partial charge in [-0.1, -0.05) is 0 Å². The van der Waals surface area contributed by atoms with Gasteiger partial charge in [0.25, 0.3) is 5.91 Å². The van der Waals surface area contributed by atoms with Gasteiger partial charge in [0.05, 0.1) is 11.8 Å². The lowest BCUT2D eigenvalue weighted by atomic mass is 10.2. The predicted molar refractivity (Wildman–Crippen MR) is 52.7 cm³/mol. The van der Waals surface area contributed by atoms with Crippen LogP contribution in [0.15, 0.2) is 18.5 Å². The summed E-state index contributed by atoms with van der Waals surface area (Å²) >= 11 is 0. The predicted octanol–water partition coefficient (Wildman–Crippen LogP) is 0.394. The first-order valence-electron chi connectivity index (χ1n) is 4.83. The molecule has 2 heterocycles. The Balaban J connectivity index is 2.18. The molecule has 1 aliphatic rings. The van der Waals surface area contributed by atoms with Crippen molar-refractivity contribution < 1.29 is 9.18 Å². The van der Waals surface area contributed by atoms with Crippen LogP contribution in [0.1, 0.15) is 16.8 Å². The molecule has 4 nitrogen and oxygen atoms in total. The van der Waals surface area contributed by atoms with Gasteiger partial charge in [0.15, 0.2) is 5.82 Å². The first-order chi connectivity index (χ1) is 7.18. The molecule has 1 aliphatic heterocycles. The lowest BCUT2D eigenvalue weighted by Gasteiger charge is -2.15. The van der Waals surface area contributed by atoms with Crippen LogP contribution in [0, 0.1) is 5.82 Å². The number of hydrogen-bond acceptors (Lipinski definition) is 3. The highest BCUT2D eigenvalue weighted by Crippen LogP contribution is 2.13. The van der Waals surface area contributed by atoms with Crippen molar-refractivity contribution in [1.29, 1.82) is 0 Å². The lowest BCUT2D eigenvalue weighted by Crippen LogP contribution is -2.32. The summed E-state index contributed by atoms with van der Waals surface area (Å²) in [5, 5.41) is 0.